The first kappa shape index (κ1) is 47.9. The number of imidazole rings is 2. The molecule has 13 rings (SSSR count). The Balaban J connectivity index is 1.01. The molecule has 0 saturated heterocycles. The standard InChI is InChI=1S/C69H55N9/c1-40-23-27-55(44(5)31-40)65-71-63(72-66(75-65)56-28-24-41(2)32-45(56)6)50-17-13-15-48(35-50)52-37-53(39-54(38-52)77-61-21-11-12-22-62(61)78-60-20-10-9-19-59(60)70-69(77)78)49-16-14-18-51(36-49)64-73-67(57-29-25-42(3)33-46(57)7)76-68(74-64)58-30-26-43(4)34-47(58)8/h9-39H,1-8H3. The van der Waals surface area contributed by atoms with Gasteiger partial charge in [-0.3, -0.25) is 8.97 Å². The molecule has 9 nitrogen and oxygen atoms in total. The van der Waals surface area contributed by atoms with Crippen molar-refractivity contribution in [2.45, 2.75) is 55.4 Å². The molecule has 0 fully saturated rings. The van der Waals surface area contributed by atoms with Crippen LogP contribution in [0.5, 0.6) is 0 Å². The van der Waals surface area contributed by atoms with Crippen molar-refractivity contribution < 1.29 is 0 Å². The molecule has 376 valence electrons. The molecule has 13 aromatic rings. The fourth-order valence-electron chi connectivity index (χ4n) is 11.1. The molecule has 9 aromatic carbocycles. The quantitative estimate of drug-likeness (QED) is 0.142. The highest BCUT2D eigenvalue weighted by molar-refractivity contribution is 5.93. The number of hydrogen-bond acceptors (Lipinski definition) is 7. The van der Waals surface area contributed by atoms with E-state index in [9.17, 15) is 0 Å². The molecule has 0 atom stereocenters. The number of para-hydroxylation sites is 4. The number of nitrogens with zero attached hydrogens (tertiary/aromatic N) is 9. The molecule has 0 aliphatic carbocycles. The maximum absolute atomic E-state index is 5.30. The predicted molar refractivity (Wildman–Crippen MR) is 318 cm³/mol. The van der Waals surface area contributed by atoms with E-state index in [1.54, 1.807) is 0 Å². The molecule has 0 radical (unpaired) electrons. The molecular formula is C69H55N9. The number of aromatic nitrogens is 9. The molecule has 0 unspecified atom stereocenters. The largest absolute Gasteiger partial charge is 0.278 e. The summed E-state index contributed by atoms with van der Waals surface area (Å²) in [6.07, 6.45) is 0. The van der Waals surface area contributed by atoms with Gasteiger partial charge in [0, 0.05) is 33.4 Å². The van der Waals surface area contributed by atoms with E-state index in [-0.39, 0.29) is 0 Å². The molecule has 4 aromatic heterocycles. The van der Waals surface area contributed by atoms with Crippen LogP contribution in [-0.4, -0.2) is 43.9 Å². The molecule has 0 saturated carbocycles. The maximum atomic E-state index is 5.30. The van der Waals surface area contributed by atoms with Gasteiger partial charge in [-0.15, -0.1) is 0 Å². The van der Waals surface area contributed by atoms with Gasteiger partial charge in [0.25, 0.3) is 0 Å². The molecule has 0 amide bonds. The Morgan fingerprint density at radius 3 is 1.05 bits per heavy atom. The van der Waals surface area contributed by atoms with Gasteiger partial charge in [0.1, 0.15) is 0 Å². The lowest BCUT2D eigenvalue weighted by Crippen LogP contribution is -2.02. The molecule has 0 N–H and O–H groups in total. The number of aryl methyl sites for hydroxylation is 8. The lowest BCUT2D eigenvalue weighted by atomic mass is 9.95. The smallest absolute Gasteiger partial charge is 0.220 e. The van der Waals surface area contributed by atoms with Crippen molar-refractivity contribution in [3.05, 3.63) is 233 Å². The second-order valence-electron chi connectivity index (χ2n) is 20.9. The van der Waals surface area contributed by atoms with Crippen molar-refractivity contribution in [1.29, 1.82) is 0 Å². The van der Waals surface area contributed by atoms with Gasteiger partial charge < -0.3 is 0 Å². The summed E-state index contributed by atoms with van der Waals surface area (Å²) in [6.45, 7) is 16.9. The Morgan fingerprint density at radius 2 is 0.628 bits per heavy atom. The third-order valence-electron chi connectivity index (χ3n) is 15.0. The molecular weight excluding hydrogens is 955 g/mol. The van der Waals surface area contributed by atoms with Crippen molar-refractivity contribution >= 4 is 27.8 Å². The predicted octanol–water partition coefficient (Wildman–Crippen LogP) is 16.6. The maximum Gasteiger partial charge on any atom is 0.220 e. The van der Waals surface area contributed by atoms with Crippen molar-refractivity contribution in [1.82, 2.24) is 43.9 Å². The second kappa shape index (κ2) is 19.1. The highest BCUT2D eigenvalue weighted by atomic mass is 15.2. The lowest BCUT2D eigenvalue weighted by molar-refractivity contribution is 1.07. The molecule has 0 aliphatic heterocycles. The first-order valence-electron chi connectivity index (χ1n) is 26.5. The van der Waals surface area contributed by atoms with Crippen LogP contribution in [0.15, 0.2) is 188 Å². The number of rotatable bonds is 9. The highest BCUT2D eigenvalue weighted by Gasteiger charge is 2.22. The summed E-state index contributed by atoms with van der Waals surface area (Å²) < 4.78 is 4.55. The number of hydrogen-bond donors (Lipinski definition) is 0. The normalized spacial score (nSPS) is 11.6. The van der Waals surface area contributed by atoms with Crippen LogP contribution in [0.1, 0.15) is 44.5 Å². The van der Waals surface area contributed by atoms with Crippen LogP contribution in [0.25, 0.3) is 124 Å². The SMILES string of the molecule is Cc1ccc(-c2nc(-c3cccc(-c4cc(-c5cccc(-c6nc(-c7ccc(C)cc7C)nc(-c7ccc(C)cc7C)n6)c5)cc(-n5c6ccccc6n6c7ccccc7nc56)c4)c3)nc(-c3ccc(C)cc3C)n2)c(C)c1. The molecule has 0 bridgehead atoms. The fraction of sp³-hybridized carbons (Fsp3) is 0.116. The monoisotopic (exact) mass is 1010 g/mol. The van der Waals surface area contributed by atoms with E-state index in [4.69, 9.17) is 34.9 Å². The van der Waals surface area contributed by atoms with Crippen molar-refractivity contribution in [2.75, 3.05) is 0 Å². The van der Waals surface area contributed by atoms with E-state index in [2.05, 4.69) is 246 Å². The Morgan fingerprint density at radius 1 is 0.269 bits per heavy atom. The van der Waals surface area contributed by atoms with E-state index < -0.39 is 0 Å². The summed E-state index contributed by atoms with van der Waals surface area (Å²) in [6, 6.07) is 66.5. The van der Waals surface area contributed by atoms with Crippen molar-refractivity contribution in [3.63, 3.8) is 0 Å². The van der Waals surface area contributed by atoms with Gasteiger partial charge in [-0.25, -0.2) is 34.9 Å². The van der Waals surface area contributed by atoms with Crippen LogP contribution in [0, 0.1) is 55.4 Å². The number of benzene rings is 9. The first-order valence-corrected chi connectivity index (χ1v) is 26.5. The van der Waals surface area contributed by atoms with E-state index in [1.165, 1.54) is 22.3 Å². The van der Waals surface area contributed by atoms with Crippen LogP contribution in [0.4, 0.5) is 0 Å². The minimum atomic E-state index is 0.598. The van der Waals surface area contributed by atoms with Gasteiger partial charge in [-0.05, 0) is 154 Å². The Kier molecular flexibility index (Phi) is 11.8. The van der Waals surface area contributed by atoms with Crippen molar-refractivity contribution in [2.24, 2.45) is 0 Å². The van der Waals surface area contributed by atoms with Crippen molar-refractivity contribution in [3.8, 4) is 96.3 Å². The molecule has 9 heteroatoms. The Labute approximate surface area is 453 Å². The van der Waals surface area contributed by atoms with Gasteiger partial charge >= 0.3 is 0 Å². The average molecular weight is 1010 g/mol. The van der Waals surface area contributed by atoms with Crippen LogP contribution in [0.2, 0.25) is 0 Å². The summed E-state index contributed by atoms with van der Waals surface area (Å²) in [4.78, 5) is 36.5. The summed E-state index contributed by atoms with van der Waals surface area (Å²) in [5, 5.41) is 0. The van der Waals surface area contributed by atoms with E-state index >= 15 is 0 Å². The van der Waals surface area contributed by atoms with E-state index in [1.807, 2.05) is 6.07 Å². The summed E-state index contributed by atoms with van der Waals surface area (Å²) in [5.74, 6) is 4.57. The third-order valence-corrected chi connectivity index (χ3v) is 15.0. The van der Waals surface area contributed by atoms with Crippen LogP contribution in [0.3, 0.4) is 0 Å². The zero-order chi connectivity index (χ0) is 53.3. The first-order chi connectivity index (χ1) is 37.9. The molecule has 0 aliphatic rings. The fourth-order valence-corrected chi connectivity index (χ4v) is 11.1. The van der Waals surface area contributed by atoms with Gasteiger partial charge in [0.15, 0.2) is 34.9 Å². The van der Waals surface area contributed by atoms with Crippen LogP contribution >= 0.6 is 0 Å². The van der Waals surface area contributed by atoms with E-state index in [0.29, 0.717) is 34.9 Å². The zero-order valence-electron chi connectivity index (χ0n) is 44.9. The Bertz CT molecular complexity index is 4210. The topological polar surface area (TPSA) is 99.6 Å². The molecule has 4 heterocycles. The van der Waals surface area contributed by atoms with E-state index in [0.717, 1.165) is 111 Å². The minimum absolute atomic E-state index is 0.598. The summed E-state index contributed by atoms with van der Waals surface area (Å²) in [7, 11) is 0. The summed E-state index contributed by atoms with van der Waals surface area (Å²) in [5.41, 5.74) is 23.9. The molecule has 0 spiro atoms. The Hall–Kier alpha value is -9.73. The average Bonchev–Trinajstić information content (AvgIpc) is 4.15. The van der Waals surface area contributed by atoms with Gasteiger partial charge in [-0.2, -0.15) is 0 Å². The second-order valence-corrected chi connectivity index (χ2v) is 20.9. The minimum Gasteiger partial charge on any atom is -0.278 e. The van der Waals surface area contributed by atoms with Crippen LogP contribution in [-0.2, 0) is 0 Å². The van der Waals surface area contributed by atoms with Gasteiger partial charge in [0.2, 0.25) is 5.78 Å². The van der Waals surface area contributed by atoms with Gasteiger partial charge in [0.05, 0.1) is 27.8 Å². The molecule has 78 heavy (non-hydrogen) atoms. The van der Waals surface area contributed by atoms with Gasteiger partial charge in [-0.1, -0.05) is 156 Å². The van der Waals surface area contributed by atoms with Crippen LogP contribution < -0.4 is 0 Å². The summed E-state index contributed by atoms with van der Waals surface area (Å²) >= 11 is 0. The lowest BCUT2D eigenvalue weighted by Gasteiger charge is -2.15. The zero-order valence-corrected chi connectivity index (χ0v) is 44.9. The third kappa shape index (κ3) is 8.69. The highest BCUT2D eigenvalue weighted by Crippen LogP contribution is 2.38. The number of fused-ring (bicyclic) bond motifs is 5.